The third-order valence-electron chi connectivity index (χ3n) is 2.26. The maximum absolute atomic E-state index is 11.4. The minimum atomic E-state index is -2.33. The number of carboxylic acid groups (broad SMARTS) is 2. The zero-order valence-electron chi connectivity index (χ0n) is 12.5. The van der Waals surface area contributed by atoms with Gasteiger partial charge in [0.1, 0.15) is 16.6 Å². The first-order chi connectivity index (χ1) is 9.36. The zero-order valence-corrected chi connectivity index (χ0v) is 19.5. The zero-order chi connectivity index (χ0) is 15.3. The van der Waals surface area contributed by atoms with Crippen LogP contribution in [-0.4, -0.2) is 29.0 Å². The van der Waals surface area contributed by atoms with E-state index in [9.17, 15) is 4.79 Å². The molecule has 22 heavy (non-hydrogen) atoms. The molecule has 0 radical (unpaired) electrons. The quantitative estimate of drug-likeness (QED) is 0.292. The number of pyridine rings is 2. The van der Waals surface area contributed by atoms with Crippen LogP contribution in [0.2, 0.25) is 5.15 Å². The Hall–Kier alpha value is 0.863. The molecule has 0 aliphatic carbocycles. The molecule has 7 nitrogen and oxygen atoms in total. The van der Waals surface area contributed by atoms with Gasteiger partial charge in [-0.2, -0.15) is 0 Å². The van der Waals surface area contributed by atoms with Gasteiger partial charge in [-0.15, -0.1) is 0 Å². The van der Waals surface area contributed by atoms with Crippen molar-refractivity contribution < 1.29 is 127 Å². The van der Waals surface area contributed by atoms with Crippen LogP contribution in [0.1, 0.15) is 17.4 Å². The number of ether oxygens (including phenoxy) is 1. The van der Waals surface area contributed by atoms with Gasteiger partial charge in [0.2, 0.25) is 0 Å². The second-order valence-corrected chi connectivity index (χ2v) is 3.92. The largest absolute Gasteiger partial charge is 1.00 e. The standard InChI is InChI=1S/C11H9ClN2O2.CH2O3.2K/c1-6(15)11-7-3-10(12)13-4-8(7)9(16-2)5-14-11;2-1(3)4;;/h3-5H,1-2H3;(H2,2,3,4);;/q;;2*+1/p-2. The molecule has 0 fully saturated rings. The van der Waals surface area contributed by atoms with E-state index in [-0.39, 0.29) is 109 Å². The van der Waals surface area contributed by atoms with E-state index >= 15 is 0 Å². The van der Waals surface area contributed by atoms with Crippen LogP contribution < -0.4 is 118 Å². The maximum Gasteiger partial charge on any atom is 1.00 e. The van der Waals surface area contributed by atoms with Gasteiger partial charge in [-0.1, -0.05) is 11.6 Å². The van der Waals surface area contributed by atoms with Crippen molar-refractivity contribution in [2.24, 2.45) is 0 Å². The third kappa shape index (κ3) is 7.62. The first-order valence-corrected chi connectivity index (χ1v) is 5.61. The van der Waals surface area contributed by atoms with Crippen LogP contribution in [0.5, 0.6) is 5.75 Å². The van der Waals surface area contributed by atoms with Crippen LogP contribution in [0, 0.1) is 0 Å². The SMILES string of the molecule is COc1cnc(C(C)=O)c2cc(Cl)ncc12.O=C([O-])[O-].[K+].[K+]. The predicted molar refractivity (Wildman–Crippen MR) is 66.5 cm³/mol. The van der Waals surface area contributed by atoms with Crippen molar-refractivity contribution in [1.82, 2.24) is 9.97 Å². The molecule has 0 unspecified atom stereocenters. The van der Waals surface area contributed by atoms with E-state index in [1.807, 2.05) is 0 Å². The van der Waals surface area contributed by atoms with E-state index < -0.39 is 6.16 Å². The number of methoxy groups -OCH3 is 1. The number of carbonyl (C=O) groups is 2. The minimum absolute atomic E-state index is 0. The van der Waals surface area contributed by atoms with E-state index in [1.54, 1.807) is 19.4 Å². The summed E-state index contributed by atoms with van der Waals surface area (Å²) in [5, 5.41) is 18.4. The number of fused-ring (bicyclic) bond motifs is 1. The molecule has 2 aromatic rings. The van der Waals surface area contributed by atoms with Crippen LogP contribution >= 0.6 is 11.6 Å². The summed E-state index contributed by atoms with van der Waals surface area (Å²) < 4.78 is 5.15. The summed E-state index contributed by atoms with van der Waals surface area (Å²) in [6.45, 7) is 1.46. The Kier molecular flexibility index (Phi) is 14.0. The number of nitrogens with zero attached hydrogens (tertiary/aromatic N) is 2. The molecule has 0 spiro atoms. The predicted octanol–water partition coefficient (Wildman–Crippen LogP) is -5.94. The molecular formula is C12H9ClK2N2O5. The van der Waals surface area contributed by atoms with Crippen molar-refractivity contribution in [3.8, 4) is 5.75 Å². The Morgan fingerprint density at radius 1 is 1.14 bits per heavy atom. The molecule has 2 heterocycles. The Morgan fingerprint density at radius 2 is 1.68 bits per heavy atom. The summed E-state index contributed by atoms with van der Waals surface area (Å²) >= 11 is 5.80. The van der Waals surface area contributed by atoms with E-state index in [1.165, 1.54) is 13.1 Å². The molecule has 10 heteroatoms. The normalized spacial score (nSPS) is 8.68. The van der Waals surface area contributed by atoms with Gasteiger partial charge in [0, 0.05) is 23.9 Å². The minimum Gasteiger partial charge on any atom is -0.652 e. The number of hydrogen-bond acceptors (Lipinski definition) is 7. The van der Waals surface area contributed by atoms with Crippen molar-refractivity contribution >= 4 is 34.3 Å². The molecule has 0 N–H and O–H groups in total. The van der Waals surface area contributed by atoms with Gasteiger partial charge in [0.25, 0.3) is 0 Å². The van der Waals surface area contributed by atoms with E-state index in [0.717, 1.165) is 5.39 Å². The van der Waals surface area contributed by atoms with Crippen molar-refractivity contribution in [2.75, 3.05) is 7.11 Å². The molecule has 0 bridgehead atoms. The Morgan fingerprint density at radius 3 is 2.14 bits per heavy atom. The van der Waals surface area contributed by atoms with Gasteiger partial charge in [-0.3, -0.25) is 4.79 Å². The molecule has 0 saturated carbocycles. The summed E-state index contributed by atoms with van der Waals surface area (Å²) in [6.07, 6.45) is 0.749. The molecule has 2 rings (SSSR count). The number of aromatic nitrogens is 2. The molecule has 0 amide bonds. The second kappa shape index (κ2) is 12.3. The summed E-state index contributed by atoms with van der Waals surface area (Å²) in [5.41, 5.74) is 0.375. The summed E-state index contributed by atoms with van der Waals surface area (Å²) in [7, 11) is 1.54. The third-order valence-corrected chi connectivity index (χ3v) is 2.46. The number of rotatable bonds is 2. The van der Waals surface area contributed by atoms with Crippen molar-refractivity contribution in [1.29, 1.82) is 0 Å². The Labute approximate surface area is 216 Å². The number of Topliss-reactive ketones (excluding diaryl/α,β-unsaturated/α-hetero) is 1. The topological polar surface area (TPSA) is 115 Å². The maximum atomic E-state index is 11.4. The van der Waals surface area contributed by atoms with Gasteiger partial charge >= 0.3 is 103 Å². The van der Waals surface area contributed by atoms with Crippen LogP contribution in [0.3, 0.4) is 0 Å². The summed E-state index contributed by atoms with van der Waals surface area (Å²) in [5.74, 6) is 0.457. The van der Waals surface area contributed by atoms with Gasteiger partial charge in [0.15, 0.2) is 5.78 Å². The van der Waals surface area contributed by atoms with Crippen molar-refractivity contribution in [2.45, 2.75) is 6.92 Å². The van der Waals surface area contributed by atoms with E-state index in [0.29, 0.717) is 22.0 Å². The Bertz CT molecular complexity index is 665. The first-order valence-electron chi connectivity index (χ1n) is 5.24. The van der Waals surface area contributed by atoms with Crippen LogP contribution in [-0.2, 0) is 0 Å². The van der Waals surface area contributed by atoms with Gasteiger partial charge in [0.05, 0.1) is 13.3 Å². The molecule has 0 saturated heterocycles. The van der Waals surface area contributed by atoms with Gasteiger partial charge in [-0.05, 0) is 12.2 Å². The fourth-order valence-corrected chi connectivity index (χ4v) is 1.69. The molecule has 0 aromatic carbocycles. The second-order valence-electron chi connectivity index (χ2n) is 3.53. The van der Waals surface area contributed by atoms with Crippen LogP contribution in [0.15, 0.2) is 18.5 Å². The first kappa shape index (κ1) is 25.1. The number of hydrogen-bond donors (Lipinski definition) is 0. The fourth-order valence-electron chi connectivity index (χ4n) is 1.53. The number of carbonyl (C=O) groups excluding carboxylic acids is 2. The van der Waals surface area contributed by atoms with Crippen LogP contribution in [0.4, 0.5) is 4.79 Å². The number of ketones is 1. The van der Waals surface area contributed by atoms with Crippen molar-refractivity contribution in [3.05, 3.63) is 29.3 Å². The fraction of sp³-hybridized carbons (Fsp3) is 0.167. The number of halogens is 1. The van der Waals surface area contributed by atoms with Gasteiger partial charge < -0.3 is 19.7 Å². The molecular weight excluding hydrogens is 366 g/mol. The smallest absolute Gasteiger partial charge is 0.652 e. The van der Waals surface area contributed by atoms with Crippen LogP contribution in [0.25, 0.3) is 10.8 Å². The monoisotopic (exact) mass is 374 g/mol. The Balaban J connectivity index is 0. The van der Waals surface area contributed by atoms with Crippen molar-refractivity contribution in [3.63, 3.8) is 0 Å². The molecule has 0 atom stereocenters. The average Bonchev–Trinajstić information content (AvgIpc) is 2.36. The summed E-state index contributed by atoms with van der Waals surface area (Å²) in [4.78, 5) is 27.8. The van der Waals surface area contributed by atoms with E-state index in [4.69, 9.17) is 31.3 Å². The summed E-state index contributed by atoms with van der Waals surface area (Å²) in [6, 6.07) is 1.61. The molecule has 0 aliphatic heterocycles. The average molecular weight is 375 g/mol. The molecule has 106 valence electrons. The molecule has 0 aliphatic rings. The van der Waals surface area contributed by atoms with E-state index in [2.05, 4.69) is 9.97 Å². The molecule has 2 aromatic heterocycles. The van der Waals surface area contributed by atoms with Gasteiger partial charge in [-0.25, -0.2) is 9.97 Å².